The van der Waals surface area contributed by atoms with E-state index in [4.69, 9.17) is 11.2 Å². The maximum atomic E-state index is 12.2. The van der Waals surface area contributed by atoms with Crippen molar-refractivity contribution in [2.24, 2.45) is 0 Å². The molecule has 0 spiro atoms. The van der Waals surface area contributed by atoms with Gasteiger partial charge in [-0.05, 0) is 69.4 Å². The van der Waals surface area contributed by atoms with Crippen LogP contribution in [-0.4, -0.2) is 52.5 Å². The number of terminal acetylenes is 1. The van der Waals surface area contributed by atoms with E-state index < -0.39 is 17.7 Å². The van der Waals surface area contributed by atoms with Crippen molar-refractivity contribution in [3.63, 3.8) is 0 Å². The Kier molecular flexibility index (Phi) is 7.17. The predicted octanol–water partition coefficient (Wildman–Crippen LogP) is 3.59. The first-order chi connectivity index (χ1) is 14.1. The van der Waals surface area contributed by atoms with Gasteiger partial charge < -0.3 is 14.8 Å². The number of amides is 1. The summed E-state index contributed by atoms with van der Waals surface area (Å²) in [5.41, 5.74) is 3.71. The minimum absolute atomic E-state index is 0.170. The lowest BCUT2D eigenvalue weighted by molar-refractivity contribution is -0.111. The van der Waals surface area contributed by atoms with Crippen LogP contribution in [0.3, 0.4) is 0 Å². The highest BCUT2D eigenvalue weighted by Gasteiger charge is 2.25. The van der Waals surface area contributed by atoms with Crippen molar-refractivity contribution in [1.82, 2.24) is 14.9 Å². The SMILES string of the molecule is C#Cc1nc(NCC(C=O)N(C)C(=O)OC(C)(C)C)ccc1-c1c(C)cncc1C. The van der Waals surface area contributed by atoms with Crippen LogP contribution >= 0.6 is 0 Å². The topological polar surface area (TPSA) is 84.4 Å². The first-order valence-corrected chi connectivity index (χ1v) is 9.61. The highest BCUT2D eigenvalue weighted by atomic mass is 16.6. The Bertz CT molecular complexity index is 953. The highest BCUT2D eigenvalue weighted by Crippen LogP contribution is 2.29. The third-order valence-electron chi connectivity index (χ3n) is 4.45. The monoisotopic (exact) mass is 408 g/mol. The average molecular weight is 409 g/mol. The number of ether oxygens (including phenoxy) is 1. The van der Waals surface area contributed by atoms with Gasteiger partial charge in [0.2, 0.25) is 0 Å². The van der Waals surface area contributed by atoms with Gasteiger partial charge in [-0.3, -0.25) is 9.88 Å². The molecule has 2 aromatic heterocycles. The van der Waals surface area contributed by atoms with Crippen molar-refractivity contribution in [2.75, 3.05) is 18.9 Å². The minimum atomic E-state index is -0.722. The molecule has 1 atom stereocenters. The Morgan fingerprint density at radius 1 is 1.30 bits per heavy atom. The zero-order valence-electron chi connectivity index (χ0n) is 18.3. The molecule has 2 heterocycles. The number of hydrogen-bond acceptors (Lipinski definition) is 6. The summed E-state index contributed by atoms with van der Waals surface area (Å²) in [5.74, 6) is 3.15. The zero-order chi connectivity index (χ0) is 22.5. The van der Waals surface area contributed by atoms with E-state index in [1.807, 2.05) is 19.9 Å². The Balaban J connectivity index is 2.19. The molecule has 7 heteroatoms. The van der Waals surface area contributed by atoms with E-state index >= 15 is 0 Å². The van der Waals surface area contributed by atoms with Crippen LogP contribution in [0.15, 0.2) is 24.5 Å². The van der Waals surface area contributed by atoms with Crippen LogP contribution < -0.4 is 5.32 Å². The highest BCUT2D eigenvalue weighted by molar-refractivity contribution is 5.76. The second kappa shape index (κ2) is 9.40. The molecule has 1 amide bonds. The van der Waals surface area contributed by atoms with E-state index in [-0.39, 0.29) is 6.54 Å². The van der Waals surface area contributed by atoms with Crippen molar-refractivity contribution >= 4 is 18.2 Å². The Morgan fingerprint density at radius 3 is 2.47 bits per heavy atom. The number of nitrogens with zero attached hydrogens (tertiary/aromatic N) is 3. The second-order valence-corrected chi connectivity index (χ2v) is 8.06. The molecule has 0 fully saturated rings. The number of carbonyl (C=O) groups excluding carboxylic acids is 2. The summed E-state index contributed by atoms with van der Waals surface area (Å²) in [5, 5.41) is 3.08. The van der Waals surface area contributed by atoms with Gasteiger partial charge in [0.25, 0.3) is 0 Å². The van der Waals surface area contributed by atoms with Crippen molar-refractivity contribution in [2.45, 2.75) is 46.3 Å². The predicted molar refractivity (Wildman–Crippen MR) is 117 cm³/mol. The first-order valence-electron chi connectivity index (χ1n) is 9.61. The fourth-order valence-corrected chi connectivity index (χ4v) is 2.95. The molecule has 0 bridgehead atoms. The summed E-state index contributed by atoms with van der Waals surface area (Å²) in [4.78, 5) is 33.7. The van der Waals surface area contributed by atoms with Gasteiger partial charge in [-0.1, -0.05) is 0 Å². The Hall–Kier alpha value is -3.40. The van der Waals surface area contributed by atoms with E-state index in [0.717, 1.165) is 22.3 Å². The first kappa shape index (κ1) is 22.9. The Morgan fingerprint density at radius 2 is 1.93 bits per heavy atom. The third-order valence-corrected chi connectivity index (χ3v) is 4.45. The molecule has 158 valence electrons. The molecule has 0 saturated heterocycles. The molecule has 1 unspecified atom stereocenters. The summed E-state index contributed by atoms with van der Waals surface area (Å²) in [6.07, 6.45) is 9.40. The second-order valence-electron chi connectivity index (χ2n) is 8.06. The van der Waals surface area contributed by atoms with Crippen molar-refractivity contribution in [1.29, 1.82) is 0 Å². The van der Waals surface area contributed by atoms with Crippen molar-refractivity contribution in [3.05, 3.63) is 41.3 Å². The maximum absolute atomic E-state index is 12.2. The van der Waals surface area contributed by atoms with E-state index in [1.165, 1.54) is 11.9 Å². The van der Waals surface area contributed by atoms with Gasteiger partial charge >= 0.3 is 6.09 Å². The summed E-state index contributed by atoms with van der Waals surface area (Å²) in [6.45, 7) is 9.43. The summed E-state index contributed by atoms with van der Waals surface area (Å²) in [6, 6.07) is 2.97. The van der Waals surface area contributed by atoms with Gasteiger partial charge in [-0.2, -0.15) is 0 Å². The summed E-state index contributed by atoms with van der Waals surface area (Å²) >= 11 is 0. The van der Waals surface area contributed by atoms with Gasteiger partial charge in [0, 0.05) is 31.5 Å². The normalized spacial score (nSPS) is 11.9. The number of carbonyl (C=O) groups is 2. The lowest BCUT2D eigenvalue weighted by Gasteiger charge is -2.28. The fraction of sp³-hybridized carbons (Fsp3) is 0.391. The smallest absolute Gasteiger partial charge is 0.410 e. The van der Waals surface area contributed by atoms with Crippen LogP contribution in [0.25, 0.3) is 11.1 Å². The number of anilines is 1. The fourth-order valence-electron chi connectivity index (χ4n) is 2.95. The number of pyridine rings is 2. The van der Waals surface area contributed by atoms with E-state index in [2.05, 4.69) is 21.2 Å². The van der Waals surface area contributed by atoms with E-state index in [0.29, 0.717) is 17.8 Å². The van der Waals surface area contributed by atoms with Crippen molar-refractivity contribution < 1.29 is 14.3 Å². The van der Waals surface area contributed by atoms with Gasteiger partial charge in [-0.25, -0.2) is 9.78 Å². The molecule has 2 aromatic rings. The largest absolute Gasteiger partial charge is 0.444 e. The van der Waals surface area contributed by atoms with Gasteiger partial charge in [0.15, 0.2) is 0 Å². The molecule has 7 nitrogen and oxygen atoms in total. The van der Waals surface area contributed by atoms with Crippen LogP contribution in [0.4, 0.5) is 10.6 Å². The number of rotatable bonds is 6. The number of aldehydes is 1. The van der Waals surface area contributed by atoms with Gasteiger partial charge in [0.1, 0.15) is 29.4 Å². The maximum Gasteiger partial charge on any atom is 0.410 e. The van der Waals surface area contributed by atoms with Crippen LogP contribution in [0.2, 0.25) is 0 Å². The quantitative estimate of drug-likeness (QED) is 0.581. The third kappa shape index (κ3) is 5.57. The molecular weight excluding hydrogens is 380 g/mol. The van der Waals surface area contributed by atoms with Crippen LogP contribution in [0.5, 0.6) is 0 Å². The molecule has 1 N–H and O–H groups in total. The molecule has 0 aliphatic carbocycles. The molecule has 0 aliphatic rings. The van der Waals surface area contributed by atoms with Gasteiger partial charge in [-0.15, -0.1) is 6.42 Å². The zero-order valence-corrected chi connectivity index (χ0v) is 18.3. The summed E-state index contributed by atoms with van der Waals surface area (Å²) in [7, 11) is 1.52. The molecule has 0 aromatic carbocycles. The molecular formula is C23H28N4O3. The van der Waals surface area contributed by atoms with Crippen LogP contribution in [-0.2, 0) is 9.53 Å². The number of nitrogens with one attached hydrogen (secondary N) is 1. The lowest BCUT2D eigenvalue weighted by atomic mass is 9.97. The van der Waals surface area contributed by atoms with Gasteiger partial charge in [0.05, 0.1) is 0 Å². The molecule has 2 rings (SSSR count). The number of aromatic nitrogens is 2. The molecule has 30 heavy (non-hydrogen) atoms. The van der Waals surface area contributed by atoms with Crippen LogP contribution in [0, 0.1) is 26.2 Å². The average Bonchev–Trinajstić information content (AvgIpc) is 2.67. The minimum Gasteiger partial charge on any atom is -0.444 e. The molecule has 0 saturated carbocycles. The number of hydrogen-bond donors (Lipinski definition) is 1. The van der Waals surface area contributed by atoms with E-state index in [1.54, 1.807) is 39.2 Å². The molecule has 0 aliphatic heterocycles. The van der Waals surface area contributed by atoms with E-state index in [9.17, 15) is 9.59 Å². The van der Waals surface area contributed by atoms with Crippen molar-refractivity contribution in [3.8, 4) is 23.5 Å². The lowest BCUT2D eigenvalue weighted by Crippen LogP contribution is -2.44. The number of aryl methyl sites for hydroxylation is 2. The molecule has 0 radical (unpaired) electrons. The van der Waals surface area contributed by atoms with Crippen LogP contribution in [0.1, 0.15) is 37.6 Å². The number of likely N-dealkylation sites (N-methyl/N-ethyl adjacent to an activating group) is 1. The Labute approximate surface area is 177 Å². The summed E-state index contributed by atoms with van der Waals surface area (Å²) < 4.78 is 5.31. The standard InChI is InChI=1S/C23H28N4O3/c1-8-19-18(21-15(2)11-24-12-16(21)3)9-10-20(26-19)25-13-17(14-28)27(7)22(29)30-23(4,5)6/h1,9-12,14,17H,13H2,2-7H3,(H,25,26).